The molecule has 0 aliphatic rings. The minimum atomic E-state index is -4.37. The number of halogens is 3. The van der Waals surface area contributed by atoms with Crippen molar-refractivity contribution in [2.24, 2.45) is 0 Å². The predicted octanol–water partition coefficient (Wildman–Crippen LogP) is 5.12. The second-order valence-electron chi connectivity index (χ2n) is 5.96. The summed E-state index contributed by atoms with van der Waals surface area (Å²) < 4.78 is 49.9. The molecule has 0 saturated heterocycles. The van der Waals surface area contributed by atoms with E-state index < -0.39 is 22.5 Å². The second-order valence-corrected chi connectivity index (χ2v) is 7.34. The Hall–Kier alpha value is -2.67. The van der Waals surface area contributed by atoms with Crippen LogP contribution in [0.25, 0.3) is 11.1 Å². The van der Waals surface area contributed by atoms with Gasteiger partial charge in [-0.15, -0.1) is 0 Å². The molecule has 0 fully saturated rings. The number of hydrogen-bond acceptors (Lipinski definition) is 3. The van der Waals surface area contributed by atoms with Crippen LogP contribution in [-0.4, -0.2) is 15.4 Å². The van der Waals surface area contributed by atoms with Gasteiger partial charge in [-0.2, -0.15) is 13.2 Å². The lowest BCUT2D eigenvalue weighted by Gasteiger charge is -2.10. The molecule has 0 bridgehead atoms. The van der Waals surface area contributed by atoms with Crippen molar-refractivity contribution in [3.63, 3.8) is 0 Å². The fraction of sp³-hybridized carbons (Fsp3) is 0.150. The van der Waals surface area contributed by atoms with Gasteiger partial charge >= 0.3 is 6.18 Å². The molecular formula is C20H17F3N2OS. The molecule has 1 atom stereocenters. The summed E-state index contributed by atoms with van der Waals surface area (Å²) in [6, 6.07) is 16.0. The lowest BCUT2D eigenvalue weighted by atomic mass is 10.0. The zero-order chi connectivity index (χ0) is 19.4. The van der Waals surface area contributed by atoms with Gasteiger partial charge in [-0.25, -0.2) is 4.98 Å². The fourth-order valence-electron chi connectivity index (χ4n) is 2.54. The molecule has 1 aromatic heterocycles. The van der Waals surface area contributed by atoms with E-state index in [1.807, 2.05) is 24.3 Å². The maximum atomic E-state index is 12.8. The zero-order valence-corrected chi connectivity index (χ0v) is 15.3. The van der Waals surface area contributed by atoms with E-state index in [1.54, 1.807) is 30.7 Å². The molecule has 3 aromatic rings. The van der Waals surface area contributed by atoms with Crippen molar-refractivity contribution in [3.8, 4) is 11.1 Å². The van der Waals surface area contributed by atoms with E-state index in [0.717, 1.165) is 22.6 Å². The standard InChI is InChI=1S/C20H17F3N2OS/c1-27(26)18-8-5-14(6-9-18)12-24-19-10-7-16(13-25-19)15-3-2-4-17(11-15)20(21,22)23/h2-11,13H,12H2,1H3,(H,24,25)/t27-/m1/s1. The molecule has 0 unspecified atom stereocenters. The first-order chi connectivity index (χ1) is 12.8. The van der Waals surface area contributed by atoms with Crippen LogP contribution >= 0.6 is 0 Å². The van der Waals surface area contributed by atoms with E-state index in [0.29, 0.717) is 23.5 Å². The van der Waals surface area contributed by atoms with Crippen LogP contribution in [-0.2, 0) is 23.5 Å². The molecule has 0 radical (unpaired) electrons. The highest BCUT2D eigenvalue weighted by atomic mass is 32.2. The van der Waals surface area contributed by atoms with E-state index >= 15 is 0 Å². The van der Waals surface area contributed by atoms with Crippen LogP contribution in [0.15, 0.2) is 71.8 Å². The second kappa shape index (κ2) is 7.92. The first-order valence-electron chi connectivity index (χ1n) is 8.13. The van der Waals surface area contributed by atoms with Gasteiger partial charge in [-0.3, -0.25) is 4.21 Å². The molecule has 1 N–H and O–H groups in total. The van der Waals surface area contributed by atoms with E-state index in [1.165, 1.54) is 6.07 Å². The molecule has 140 valence electrons. The number of alkyl halides is 3. The van der Waals surface area contributed by atoms with Gasteiger partial charge in [-0.05, 0) is 47.5 Å². The molecule has 0 saturated carbocycles. The van der Waals surface area contributed by atoms with E-state index in [2.05, 4.69) is 10.3 Å². The minimum Gasteiger partial charge on any atom is -0.366 e. The Balaban J connectivity index is 1.68. The number of pyridine rings is 1. The maximum Gasteiger partial charge on any atom is 0.416 e. The summed E-state index contributed by atoms with van der Waals surface area (Å²) in [4.78, 5) is 5.03. The lowest BCUT2D eigenvalue weighted by Crippen LogP contribution is -2.04. The SMILES string of the molecule is C[S@@](=O)c1ccc(CNc2ccc(-c3cccc(C(F)(F)F)c3)cn2)cc1. The highest BCUT2D eigenvalue weighted by molar-refractivity contribution is 7.84. The quantitative estimate of drug-likeness (QED) is 0.658. The van der Waals surface area contributed by atoms with Crippen LogP contribution < -0.4 is 5.32 Å². The average Bonchev–Trinajstić information content (AvgIpc) is 2.66. The summed E-state index contributed by atoms with van der Waals surface area (Å²) >= 11 is 0. The van der Waals surface area contributed by atoms with Gasteiger partial charge in [0.2, 0.25) is 0 Å². The van der Waals surface area contributed by atoms with Crippen molar-refractivity contribution in [2.45, 2.75) is 17.6 Å². The topological polar surface area (TPSA) is 42.0 Å². The van der Waals surface area contributed by atoms with Gasteiger partial charge in [0.05, 0.1) is 5.56 Å². The summed E-state index contributed by atoms with van der Waals surface area (Å²) in [5.41, 5.74) is 1.40. The molecular weight excluding hydrogens is 373 g/mol. The van der Waals surface area contributed by atoms with Crippen molar-refractivity contribution in [1.82, 2.24) is 4.98 Å². The Morgan fingerprint density at radius 3 is 2.33 bits per heavy atom. The summed E-state index contributed by atoms with van der Waals surface area (Å²) in [6.07, 6.45) is -1.20. The van der Waals surface area contributed by atoms with Crippen molar-refractivity contribution in [2.75, 3.05) is 11.6 Å². The van der Waals surface area contributed by atoms with E-state index in [-0.39, 0.29) is 0 Å². The van der Waals surface area contributed by atoms with Gasteiger partial charge in [0, 0.05) is 40.3 Å². The number of benzene rings is 2. The van der Waals surface area contributed by atoms with Crippen molar-refractivity contribution >= 4 is 16.6 Å². The third-order valence-corrected chi connectivity index (χ3v) is 4.95. The van der Waals surface area contributed by atoms with E-state index in [4.69, 9.17) is 0 Å². The van der Waals surface area contributed by atoms with Crippen LogP contribution in [0.3, 0.4) is 0 Å². The first-order valence-corrected chi connectivity index (χ1v) is 9.69. The number of anilines is 1. The molecule has 0 aliphatic carbocycles. The highest BCUT2D eigenvalue weighted by Crippen LogP contribution is 2.32. The predicted molar refractivity (Wildman–Crippen MR) is 101 cm³/mol. The van der Waals surface area contributed by atoms with Gasteiger partial charge in [-0.1, -0.05) is 24.3 Å². The number of nitrogens with zero attached hydrogens (tertiary/aromatic N) is 1. The molecule has 27 heavy (non-hydrogen) atoms. The summed E-state index contributed by atoms with van der Waals surface area (Å²) in [7, 11) is -1.01. The molecule has 1 heterocycles. The largest absolute Gasteiger partial charge is 0.416 e. The van der Waals surface area contributed by atoms with Crippen LogP contribution in [0.4, 0.5) is 19.0 Å². The Morgan fingerprint density at radius 2 is 1.74 bits per heavy atom. The van der Waals surface area contributed by atoms with Gasteiger partial charge in [0.15, 0.2) is 0 Å². The number of aromatic nitrogens is 1. The van der Waals surface area contributed by atoms with Gasteiger partial charge in [0.25, 0.3) is 0 Å². The Bertz CT molecular complexity index is 939. The highest BCUT2D eigenvalue weighted by Gasteiger charge is 2.30. The number of nitrogens with one attached hydrogen (secondary N) is 1. The summed E-state index contributed by atoms with van der Waals surface area (Å²) in [5.74, 6) is 0.619. The number of hydrogen-bond donors (Lipinski definition) is 1. The number of rotatable bonds is 5. The lowest BCUT2D eigenvalue weighted by molar-refractivity contribution is -0.137. The van der Waals surface area contributed by atoms with Crippen molar-refractivity contribution in [1.29, 1.82) is 0 Å². The Labute approximate surface area is 157 Å². The Kier molecular flexibility index (Phi) is 5.60. The van der Waals surface area contributed by atoms with Crippen molar-refractivity contribution < 1.29 is 17.4 Å². The monoisotopic (exact) mass is 390 g/mol. The molecule has 2 aromatic carbocycles. The average molecular weight is 390 g/mol. The molecule has 7 heteroatoms. The Morgan fingerprint density at radius 1 is 1.00 bits per heavy atom. The molecule has 3 nitrogen and oxygen atoms in total. The first kappa shape index (κ1) is 19.1. The van der Waals surface area contributed by atoms with Crippen LogP contribution in [0.5, 0.6) is 0 Å². The van der Waals surface area contributed by atoms with Crippen LogP contribution in [0.2, 0.25) is 0 Å². The van der Waals surface area contributed by atoms with Gasteiger partial charge < -0.3 is 5.32 Å². The molecule has 0 aliphatic heterocycles. The summed E-state index contributed by atoms with van der Waals surface area (Å²) in [6.45, 7) is 0.534. The molecule has 0 spiro atoms. The van der Waals surface area contributed by atoms with Gasteiger partial charge in [0.1, 0.15) is 5.82 Å². The summed E-state index contributed by atoms with van der Waals surface area (Å²) in [5, 5.41) is 3.16. The third-order valence-electron chi connectivity index (χ3n) is 4.02. The smallest absolute Gasteiger partial charge is 0.366 e. The van der Waals surface area contributed by atoms with E-state index in [9.17, 15) is 17.4 Å². The maximum absolute atomic E-state index is 12.8. The normalized spacial score (nSPS) is 12.6. The zero-order valence-electron chi connectivity index (χ0n) is 14.5. The molecule has 3 rings (SSSR count). The van der Waals surface area contributed by atoms with Crippen LogP contribution in [0, 0.1) is 0 Å². The van der Waals surface area contributed by atoms with Crippen LogP contribution in [0.1, 0.15) is 11.1 Å². The van der Waals surface area contributed by atoms with Crippen molar-refractivity contribution in [3.05, 3.63) is 78.0 Å². The fourth-order valence-corrected chi connectivity index (χ4v) is 3.06. The minimum absolute atomic E-state index is 0.465. The third kappa shape index (κ3) is 4.95. The molecule has 0 amide bonds.